The minimum absolute atomic E-state index is 0.0639. The molecule has 108 valence electrons. The quantitative estimate of drug-likeness (QED) is 0.918. The topological polar surface area (TPSA) is 41.6 Å². The van der Waals surface area contributed by atoms with Crippen molar-refractivity contribution in [2.75, 3.05) is 11.4 Å². The molecule has 3 nitrogen and oxygen atoms in total. The van der Waals surface area contributed by atoms with Crippen molar-refractivity contribution in [2.45, 2.75) is 19.9 Å². The van der Waals surface area contributed by atoms with Gasteiger partial charge in [-0.1, -0.05) is 29.3 Å². The van der Waals surface area contributed by atoms with E-state index in [1.165, 1.54) is 28.8 Å². The summed E-state index contributed by atoms with van der Waals surface area (Å²) in [6.45, 7) is 4.78. The van der Waals surface area contributed by atoms with Crippen LogP contribution < -0.4 is 10.6 Å². The Balaban J connectivity index is 2.00. The largest absolute Gasteiger partial charge is 0.369 e. The van der Waals surface area contributed by atoms with E-state index in [-0.39, 0.29) is 11.9 Å². The summed E-state index contributed by atoms with van der Waals surface area (Å²) in [5.41, 5.74) is 10.5. The molecular weight excluding hydrogens is 265 g/mol. The van der Waals surface area contributed by atoms with Crippen molar-refractivity contribution in [1.29, 1.82) is 0 Å². The second-order valence-electron chi connectivity index (χ2n) is 5.48. The van der Waals surface area contributed by atoms with Crippen LogP contribution in [0.2, 0.25) is 0 Å². The first-order valence-electron chi connectivity index (χ1n) is 6.97. The van der Waals surface area contributed by atoms with Gasteiger partial charge in [0.1, 0.15) is 5.82 Å². The Hall–Kier alpha value is -2.36. The molecular formula is C17H18FN3. The minimum atomic E-state index is -0.253. The summed E-state index contributed by atoms with van der Waals surface area (Å²) < 4.78 is 13.1. The molecule has 2 aromatic carbocycles. The summed E-state index contributed by atoms with van der Waals surface area (Å²) in [5.74, 6) is 0.224. The molecule has 0 saturated heterocycles. The summed E-state index contributed by atoms with van der Waals surface area (Å²) in [6, 6.07) is 12.9. The van der Waals surface area contributed by atoms with Crippen LogP contribution in [0.25, 0.3) is 0 Å². The lowest BCUT2D eigenvalue weighted by atomic mass is 10.0. The van der Waals surface area contributed by atoms with Crippen molar-refractivity contribution in [3.05, 3.63) is 65.0 Å². The molecule has 1 atom stereocenters. The molecule has 1 aliphatic rings. The fourth-order valence-corrected chi connectivity index (χ4v) is 2.87. The Labute approximate surface area is 123 Å². The minimum Gasteiger partial charge on any atom is -0.369 e. The van der Waals surface area contributed by atoms with E-state index in [1.807, 2.05) is 4.90 Å². The maximum atomic E-state index is 13.1. The van der Waals surface area contributed by atoms with Gasteiger partial charge in [-0.25, -0.2) is 4.39 Å². The molecule has 2 aromatic rings. The van der Waals surface area contributed by atoms with Gasteiger partial charge in [0.05, 0.1) is 12.6 Å². The highest BCUT2D eigenvalue weighted by atomic mass is 19.1. The smallest absolute Gasteiger partial charge is 0.196 e. The van der Waals surface area contributed by atoms with Crippen LogP contribution in [0.1, 0.15) is 22.7 Å². The second-order valence-corrected chi connectivity index (χ2v) is 5.48. The molecule has 0 bridgehead atoms. The predicted octanol–water partition coefficient (Wildman–Crippen LogP) is 3.32. The maximum Gasteiger partial charge on any atom is 0.196 e. The van der Waals surface area contributed by atoms with Crippen LogP contribution in [0.3, 0.4) is 0 Å². The van der Waals surface area contributed by atoms with Crippen molar-refractivity contribution >= 4 is 11.6 Å². The summed E-state index contributed by atoms with van der Waals surface area (Å²) in [5, 5.41) is 0. The zero-order valence-electron chi connectivity index (χ0n) is 12.2. The number of aryl methyl sites for hydroxylation is 2. The van der Waals surface area contributed by atoms with Crippen LogP contribution in [0.4, 0.5) is 10.1 Å². The Bertz CT molecular complexity index is 671. The first-order valence-corrected chi connectivity index (χ1v) is 6.97. The van der Waals surface area contributed by atoms with Crippen LogP contribution in [0.5, 0.6) is 0 Å². The van der Waals surface area contributed by atoms with E-state index in [4.69, 9.17) is 5.73 Å². The van der Waals surface area contributed by atoms with Crippen LogP contribution in [-0.4, -0.2) is 12.5 Å². The molecule has 1 aliphatic heterocycles. The number of anilines is 1. The molecule has 21 heavy (non-hydrogen) atoms. The number of hydrogen-bond donors (Lipinski definition) is 1. The van der Waals surface area contributed by atoms with Gasteiger partial charge in [-0.3, -0.25) is 4.99 Å². The van der Waals surface area contributed by atoms with E-state index >= 15 is 0 Å². The molecule has 4 heteroatoms. The second kappa shape index (κ2) is 5.20. The van der Waals surface area contributed by atoms with Crippen molar-refractivity contribution in [3.8, 4) is 0 Å². The van der Waals surface area contributed by atoms with Gasteiger partial charge in [-0.15, -0.1) is 0 Å². The maximum absolute atomic E-state index is 13.1. The molecule has 0 aromatic heterocycles. The molecule has 2 N–H and O–H groups in total. The monoisotopic (exact) mass is 283 g/mol. The van der Waals surface area contributed by atoms with Gasteiger partial charge in [0.15, 0.2) is 5.96 Å². The molecule has 1 heterocycles. The number of guanidine groups is 1. The first kappa shape index (κ1) is 13.6. The standard InChI is InChI=1S/C17H18FN3/c1-11-7-12(2)9-13(8-11)16-10-20-17(19)21(16)15-5-3-14(18)4-6-15/h3-9,16H,10H2,1-2H3,(H2,19,20). The van der Waals surface area contributed by atoms with Gasteiger partial charge < -0.3 is 10.6 Å². The van der Waals surface area contributed by atoms with Gasteiger partial charge in [0.2, 0.25) is 0 Å². The zero-order chi connectivity index (χ0) is 15.0. The average Bonchev–Trinajstić information content (AvgIpc) is 2.80. The highest BCUT2D eigenvalue weighted by Crippen LogP contribution is 2.32. The summed E-state index contributed by atoms with van der Waals surface area (Å²) >= 11 is 0. The van der Waals surface area contributed by atoms with Crippen LogP contribution >= 0.6 is 0 Å². The van der Waals surface area contributed by atoms with Crippen molar-refractivity contribution in [3.63, 3.8) is 0 Å². The van der Waals surface area contributed by atoms with Crippen LogP contribution in [0, 0.1) is 19.7 Å². The fourth-order valence-electron chi connectivity index (χ4n) is 2.87. The Morgan fingerprint density at radius 2 is 1.71 bits per heavy atom. The molecule has 1 unspecified atom stereocenters. The fraction of sp³-hybridized carbons (Fsp3) is 0.235. The number of rotatable bonds is 2. The Kier molecular flexibility index (Phi) is 3.37. The van der Waals surface area contributed by atoms with E-state index in [0.29, 0.717) is 12.5 Å². The Morgan fingerprint density at radius 1 is 1.10 bits per heavy atom. The molecule has 3 rings (SSSR count). The highest BCUT2D eigenvalue weighted by Gasteiger charge is 2.29. The summed E-state index contributed by atoms with van der Waals surface area (Å²) in [7, 11) is 0. The van der Waals surface area contributed by atoms with Gasteiger partial charge in [-0.05, 0) is 43.7 Å². The zero-order valence-corrected chi connectivity index (χ0v) is 12.2. The first-order chi connectivity index (χ1) is 10.0. The average molecular weight is 283 g/mol. The molecule has 0 radical (unpaired) electrons. The number of nitrogens with two attached hydrogens (primary N) is 1. The molecule has 0 aliphatic carbocycles. The number of halogens is 1. The van der Waals surface area contributed by atoms with Gasteiger partial charge in [0, 0.05) is 5.69 Å². The van der Waals surface area contributed by atoms with E-state index in [1.54, 1.807) is 12.1 Å². The molecule has 0 saturated carbocycles. The SMILES string of the molecule is Cc1cc(C)cc(C2CN=C(N)N2c2ccc(F)cc2)c1. The summed E-state index contributed by atoms with van der Waals surface area (Å²) in [4.78, 5) is 6.33. The third kappa shape index (κ3) is 2.61. The molecule has 0 fully saturated rings. The Morgan fingerprint density at radius 3 is 2.33 bits per heavy atom. The summed E-state index contributed by atoms with van der Waals surface area (Å²) in [6.07, 6.45) is 0. The van der Waals surface area contributed by atoms with Crippen molar-refractivity contribution in [1.82, 2.24) is 0 Å². The predicted molar refractivity (Wildman–Crippen MR) is 84.0 cm³/mol. The van der Waals surface area contributed by atoms with Gasteiger partial charge >= 0.3 is 0 Å². The van der Waals surface area contributed by atoms with Crippen LogP contribution in [-0.2, 0) is 0 Å². The number of benzene rings is 2. The normalized spacial score (nSPS) is 18.0. The molecule has 0 amide bonds. The lowest BCUT2D eigenvalue weighted by molar-refractivity contribution is 0.627. The van der Waals surface area contributed by atoms with Gasteiger partial charge in [-0.2, -0.15) is 0 Å². The van der Waals surface area contributed by atoms with Gasteiger partial charge in [0.25, 0.3) is 0 Å². The van der Waals surface area contributed by atoms with Crippen LogP contribution in [0.15, 0.2) is 47.5 Å². The number of hydrogen-bond acceptors (Lipinski definition) is 3. The third-order valence-electron chi connectivity index (χ3n) is 3.72. The lowest BCUT2D eigenvalue weighted by Crippen LogP contribution is -2.36. The van der Waals surface area contributed by atoms with E-state index in [0.717, 1.165) is 5.69 Å². The van der Waals surface area contributed by atoms with Crippen molar-refractivity contribution < 1.29 is 4.39 Å². The van der Waals surface area contributed by atoms with E-state index in [2.05, 4.69) is 37.0 Å². The number of aliphatic imine (C=N–C) groups is 1. The molecule has 0 spiro atoms. The third-order valence-corrected chi connectivity index (χ3v) is 3.72. The van der Waals surface area contributed by atoms with E-state index < -0.39 is 0 Å². The van der Waals surface area contributed by atoms with Crippen molar-refractivity contribution in [2.24, 2.45) is 10.7 Å². The lowest BCUT2D eigenvalue weighted by Gasteiger charge is -2.27. The number of nitrogens with zero attached hydrogens (tertiary/aromatic N) is 2. The highest BCUT2D eigenvalue weighted by molar-refractivity contribution is 5.97. The van der Waals surface area contributed by atoms with E-state index in [9.17, 15) is 4.39 Å².